The van der Waals surface area contributed by atoms with E-state index in [1.165, 1.54) is 19.2 Å². The quantitative estimate of drug-likeness (QED) is 0.779. The van der Waals surface area contributed by atoms with Crippen molar-refractivity contribution in [1.82, 2.24) is 10.9 Å². The van der Waals surface area contributed by atoms with E-state index < -0.39 is 5.91 Å². The zero-order chi connectivity index (χ0) is 16.8. The second kappa shape index (κ2) is 7.99. The van der Waals surface area contributed by atoms with Crippen LogP contribution in [-0.2, 0) is 11.2 Å². The summed E-state index contributed by atoms with van der Waals surface area (Å²) in [4.78, 5) is 23.9. The smallest absolute Gasteiger partial charge is 0.273 e. The minimum Gasteiger partial charge on any atom is -0.496 e. The monoisotopic (exact) mass is 396 g/mol. The molecule has 0 radical (unpaired) electrons. The first-order valence-electron chi connectivity index (χ1n) is 6.67. The number of halogens is 2. The molecule has 0 aliphatic heterocycles. The van der Waals surface area contributed by atoms with E-state index in [9.17, 15) is 9.59 Å². The summed E-state index contributed by atoms with van der Waals surface area (Å²) in [5.74, 6) is -0.478. The summed E-state index contributed by atoms with van der Waals surface area (Å²) in [6.45, 7) is 0. The predicted molar refractivity (Wildman–Crippen MR) is 91.5 cm³/mol. The topological polar surface area (TPSA) is 67.4 Å². The molecule has 2 N–H and O–H groups in total. The summed E-state index contributed by atoms with van der Waals surface area (Å²) < 4.78 is 6.03. The molecule has 0 aliphatic rings. The van der Waals surface area contributed by atoms with Gasteiger partial charge in [-0.2, -0.15) is 0 Å². The zero-order valence-electron chi connectivity index (χ0n) is 12.2. The summed E-state index contributed by atoms with van der Waals surface area (Å²) >= 11 is 9.17. The Labute approximate surface area is 147 Å². The van der Waals surface area contributed by atoms with Crippen LogP contribution in [0.15, 0.2) is 46.9 Å². The van der Waals surface area contributed by atoms with Crippen LogP contribution in [0, 0.1) is 0 Å². The molecular weight excluding hydrogens is 384 g/mol. The van der Waals surface area contributed by atoms with Crippen LogP contribution in [-0.4, -0.2) is 18.9 Å². The van der Waals surface area contributed by atoms with Crippen LogP contribution in [0.1, 0.15) is 15.9 Å². The lowest BCUT2D eigenvalue weighted by Crippen LogP contribution is -2.42. The van der Waals surface area contributed by atoms with Gasteiger partial charge in [0.05, 0.1) is 19.1 Å². The normalized spacial score (nSPS) is 10.0. The van der Waals surface area contributed by atoms with E-state index in [1.807, 2.05) is 24.3 Å². The molecule has 0 fully saturated rings. The van der Waals surface area contributed by atoms with Crippen molar-refractivity contribution in [3.63, 3.8) is 0 Å². The predicted octanol–water partition coefficient (Wildman–Crippen LogP) is 3.11. The summed E-state index contributed by atoms with van der Waals surface area (Å²) in [6, 6.07) is 12.0. The zero-order valence-corrected chi connectivity index (χ0v) is 14.6. The summed E-state index contributed by atoms with van der Waals surface area (Å²) in [5.41, 5.74) is 5.84. The lowest BCUT2D eigenvalue weighted by atomic mass is 10.1. The van der Waals surface area contributed by atoms with Crippen LogP contribution in [0.5, 0.6) is 5.75 Å². The van der Waals surface area contributed by atoms with Crippen molar-refractivity contribution in [2.75, 3.05) is 7.11 Å². The molecule has 5 nitrogen and oxygen atoms in total. The number of hydrazine groups is 1. The average Bonchev–Trinajstić information content (AvgIpc) is 2.54. The Kier molecular flexibility index (Phi) is 6.01. The van der Waals surface area contributed by atoms with Crippen LogP contribution in [0.2, 0.25) is 5.02 Å². The van der Waals surface area contributed by atoms with Gasteiger partial charge in [0.2, 0.25) is 5.91 Å². The SMILES string of the molecule is COc1cc(Cl)ccc1C(=O)NNC(=O)Cc1ccc(Br)cc1. The Hall–Kier alpha value is -2.05. The third-order valence-electron chi connectivity index (χ3n) is 3.00. The Bertz CT molecular complexity index is 720. The van der Waals surface area contributed by atoms with Gasteiger partial charge in [-0.15, -0.1) is 0 Å². The molecule has 2 aromatic rings. The van der Waals surface area contributed by atoms with Gasteiger partial charge in [-0.25, -0.2) is 0 Å². The maximum atomic E-state index is 12.1. The third-order valence-corrected chi connectivity index (χ3v) is 3.77. The molecule has 7 heteroatoms. The highest BCUT2D eigenvalue weighted by Crippen LogP contribution is 2.22. The first-order chi connectivity index (χ1) is 11.0. The number of nitrogens with one attached hydrogen (secondary N) is 2. The Morgan fingerprint density at radius 1 is 1.13 bits per heavy atom. The largest absolute Gasteiger partial charge is 0.496 e. The van der Waals surface area contributed by atoms with Crippen molar-refractivity contribution in [3.05, 3.63) is 63.1 Å². The van der Waals surface area contributed by atoms with Crippen LogP contribution in [0.3, 0.4) is 0 Å². The number of benzene rings is 2. The molecule has 2 aromatic carbocycles. The van der Waals surface area contributed by atoms with E-state index in [0.29, 0.717) is 10.8 Å². The van der Waals surface area contributed by atoms with Crippen molar-refractivity contribution < 1.29 is 14.3 Å². The fourth-order valence-electron chi connectivity index (χ4n) is 1.88. The molecule has 0 atom stereocenters. The number of carbonyl (C=O) groups excluding carboxylic acids is 2. The standard InChI is InChI=1S/C16H14BrClN2O3/c1-23-14-9-12(18)6-7-13(14)16(22)20-19-15(21)8-10-2-4-11(17)5-3-10/h2-7,9H,8H2,1H3,(H,19,21)(H,20,22). The van der Waals surface area contributed by atoms with Gasteiger partial charge >= 0.3 is 0 Å². The van der Waals surface area contributed by atoms with Gasteiger partial charge in [0, 0.05) is 9.50 Å². The molecule has 2 rings (SSSR count). The number of rotatable bonds is 4. The van der Waals surface area contributed by atoms with E-state index in [1.54, 1.807) is 6.07 Å². The van der Waals surface area contributed by atoms with Gasteiger partial charge < -0.3 is 4.74 Å². The molecule has 0 saturated heterocycles. The molecular formula is C16H14BrClN2O3. The van der Waals surface area contributed by atoms with Gasteiger partial charge in [0.15, 0.2) is 0 Å². The Balaban J connectivity index is 1.93. The van der Waals surface area contributed by atoms with Crippen LogP contribution in [0.4, 0.5) is 0 Å². The van der Waals surface area contributed by atoms with Crippen molar-refractivity contribution >= 4 is 39.3 Å². The number of hydrogen-bond acceptors (Lipinski definition) is 3. The summed E-state index contributed by atoms with van der Waals surface area (Å²) in [7, 11) is 1.44. The molecule has 0 saturated carbocycles. The van der Waals surface area contributed by atoms with Gasteiger partial charge in [-0.1, -0.05) is 39.7 Å². The minimum absolute atomic E-state index is 0.158. The van der Waals surface area contributed by atoms with Crippen LogP contribution in [0.25, 0.3) is 0 Å². The highest BCUT2D eigenvalue weighted by atomic mass is 79.9. The fourth-order valence-corrected chi connectivity index (χ4v) is 2.30. The number of carbonyl (C=O) groups is 2. The Morgan fingerprint density at radius 3 is 2.48 bits per heavy atom. The van der Waals surface area contributed by atoms with Crippen molar-refractivity contribution in [2.24, 2.45) is 0 Å². The molecule has 0 aliphatic carbocycles. The van der Waals surface area contributed by atoms with E-state index in [0.717, 1.165) is 10.0 Å². The van der Waals surface area contributed by atoms with E-state index >= 15 is 0 Å². The molecule has 0 aromatic heterocycles. The minimum atomic E-state index is -0.484. The summed E-state index contributed by atoms with van der Waals surface area (Å²) in [6.07, 6.45) is 0.158. The highest BCUT2D eigenvalue weighted by molar-refractivity contribution is 9.10. The number of methoxy groups -OCH3 is 1. The molecule has 23 heavy (non-hydrogen) atoms. The van der Waals surface area contributed by atoms with Crippen LogP contribution < -0.4 is 15.6 Å². The average molecular weight is 398 g/mol. The highest BCUT2D eigenvalue weighted by Gasteiger charge is 2.13. The molecule has 0 unspecified atom stereocenters. The number of ether oxygens (including phenoxy) is 1. The molecule has 0 bridgehead atoms. The van der Waals surface area contributed by atoms with Crippen LogP contribution >= 0.6 is 27.5 Å². The second-order valence-electron chi connectivity index (χ2n) is 4.65. The summed E-state index contributed by atoms with van der Waals surface area (Å²) in [5, 5.41) is 0.456. The lowest BCUT2D eigenvalue weighted by Gasteiger charge is -2.10. The van der Waals surface area contributed by atoms with Gasteiger partial charge in [0.25, 0.3) is 5.91 Å². The fraction of sp³-hybridized carbons (Fsp3) is 0.125. The molecule has 120 valence electrons. The molecule has 2 amide bonds. The van der Waals surface area contributed by atoms with Crippen molar-refractivity contribution in [1.29, 1.82) is 0 Å². The van der Waals surface area contributed by atoms with E-state index in [2.05, 4.69) is 26.8 Å². The molecule has 0 spiro atoms. The molecule has 0 heterocycles. The van der Waals surface area contributed by atoms with Gasteiger partial charge in [-0.3, -0.25) is 20.4 Å². The lowest BCUT2D eigenvalue weighted by molar-refractivity contribution is -0.121. The van der Waals surface area contributed by atoms with Crippen molar-refractivity contribution in [2.45, 2.75) is 6.42 Å². The first-order valence-corrected chi connectivity index (χ1v) is 7.84. The number of amides is 2. The van der Waals surface area contributed by atoms with E-state index in [-0.39, 0.29) is 17.9 Å². The number of hydrogen-bond donors (Lipinski definition) is 2. The van der Waals surface area contributed by atoms with Gasteiger partial charge in [-0.05, 0) is 35.9 Å². The first kappa shape index (κ1) is 17.3. The van der Waals surface area contributed by atoms with Crippen molar-refractivity contribution in [3.8, 4) is 5.75 Å². The second-order valence-corrected chi connectivity index (χ2v) is 6.00. The maximum absolute atomic E-state index is 12.1. The maximum Gasteiger partial charge on any atom is 0.273 e. The van der Waals surface area contributed by atoms with E-state index in [4.69, 9.17) is 16.3 Å². The Morgan fingerprint density at radius 2 is 1.83 bits per heavy atom. The van der Waals surface area contributed by atoms with Gasteiger partial charge in [0.1, 0.15) is 5.75 Å². The third kappa shape index (κ3) is 4.97.